The fourth-order valence-electron chi connectivity index (χ4n) is 1.21. The Labute approximate surface area is 73.3 Å². The first kappa shape index (κ1) is 9.51. The van der Waals surface area contributed by atoms with E-state index in [0.29, 0.717) is 6.54 Å². The molecule has 4 heteroatoms. The molecule has 0 aromatic carbocycles. The Balaban J connectivity index is 2.26. The molecule has 0 saturated carbocycles. The molecule has 0 aliphatic carbocycles. The fourth-order valence-corrected chi connectivity index (χ4v) is 1.21. The largest absolute Gasteiger partial charge is 0.329 e. The van der Waals surface area contributed by atoms with Crippen LogP contribution in [0.2, 0.25) is 0 Å². The molecule has 1 unspecified atom stereocenters. The molecule has 1 heterocycles. The summed E-state index contributed by atoms with van der Waals surface area (Å²) < 4.78 is 0. The molecule has 70 valence electrons. The van der Waals surface area contributed by atoms with Crippen LogP contribution in [0.5, 0.6) is 0 Å². The van der Waals surface area contributed by atoms with E-state index in [1.54, 1.807) is 5.06 Å². The van der Waals surface area contributed by atoms with E-state index >= 15 is 0 Å². The van der Waals surface area contributed by atoms with E-state index in [1.807, 2.05) is 20.2 Å². The second kappa shape index (κ2) is 4.45. The number of nitrogens with one attached hydrogen (secondary N) is 1. The standard InChI is InChI=1S/C8H17N3O/c1-7-8(5-10-4-3-9)6-11(2)12-7/h6-7,10H,3-5,9H2,1-2H3. The van der Waals surface area contributed by atoms with Crippen LogP contribution in [0.3, 0.4) is 0 Å². The molecule has 1 rings (SSSR count). The minimum absolute atomic E-state index is 0.195. The van der Waals surface area contributed by atoms with Gasteiger partial charge in [-0.25, -0.2) is 0 Å². The minimum Gasteiger partial charge on any atom is -0.329 e. The van der Waals surface area contributed by atoms with E-state index in [0.717, 1.165) is 13.1 Å². The van der Waals surface area contributed by atoms with Gasteiger partial charge in [0.05, 0.1) is 0 Å². The maximum Gasteiger partial charge on any atom is 0.107 e. The third-order valence-electron chi connectivity index (χ3n) is 1.84. The molecule has 1 aliphatic rings. The summed E-state index contributed by atoms with van der Waals surface area (Å²) in [6.07, 6.45) is 2.20. The van der Waals surface area contributed by atoms with Gasteiger partial charge in [0.15, 0.2) is 0 Å². The molecular weight excluding hydrogens is 154 g/mol. The van der Waals surface area contributed by atoms with Gasteiger partial charge < -0.3 is 11.1 Å². The van der Waals surface area contributed by atoms with E-state index in [4.69, 9.17) is 10.6 Å². The van der Waals surface area contributed by atoms with Crippen LogP contribution in [0.4, 0.5) is 0 Å². The Morgan fingerprint density at radius 1 is 1.75 bits per heavy atom. The molecule has 0 amide bonds. The molecule has 0 aromatic heterocycles. The lowest BCUT2D eigenvalue weighted by molar-refractivity contribution is -0.105. The Hall–Kier alpha value is -0.580. The highest BCUT2D eigenvalue weighted by atomic mass is 16.7. The van der Waals surface area contributed by atoms with Crippen molar-refractivity contribution in [2.45, 2.75) is 13.0 Å². The Morgan fingerprint density at radius 3 is 3.00 bits per heavy atom. The van der Waals surface area contributed by atoms with Crippen molar-refractivity contribution in [3.05, 3.63) is 11.8 Å². The van der Waals surface area contributed by atoms with Crippen molar-refractivity contribution in [1.82, 2.24) is 10.4 Å². The monoisotopic (exact) mass is 171 g/mol. The quantitative estimate of drug-likeness (QED) is 0.569. The van der Waals surface area contributed by atoms with Gasteiger partial charge in [0.1, 0.15) is 6.10 Å². The highest BCUT2D eigenvalue weighted by Crippen LogP contribution is 2.15. The maximum absolute atomic E-state index is 5.37. The first-order chi connectivity index (χ1) is 5.74. The summed E-state index contributed by atoms with van der Waals surface area (Å²) in [6, 6.07) is 0. The molecule has 0 aromatic rings. The number of rotatable bonds is 4. The third-order valence-corrected chi connectivity index (χ3v) is 1.84. The number of hydrogen-bond donors (Lipinski definition) is 2. The van der Waals surface area contributed by atoms with Gasteiger partial charge in [0.2, 0.25) is 0 Å². The molecule has 12 heavy (non-hydrogen) atoms. The minimum atomic E-state index is 0.195. The molecule has 0 saturated heterocycles. The van der Waals surface area contributed by atoms with E-state index in [1.165, 1.54) is 5.57 Å². The van der Waals surface area contributed by atoms with Gasteiger partial charge >= 0.3 is 0 Å². The topological polar surface area (TPSA) is 50.5 Å². The van der Waals surface area contributed by atoms with Gasteiger partial charge in [0.25, 0.3) is 0 Å². The average Bonchev–Trinajstić information content (AvgIpc) is 2.31. The van der Waals surface area contributed by atoms with Crippen molar-refractivity contribution in [3.63, 3.8) is 0 Å². The average molecular weight is 171 g/mol. The normalized spacial score (nSPS) is 23.1. The van der Waals surface area contributed by atoms with E-state index < -0.39 is 0 Å². The van der Waals surface area contributed by atoms with Gasteiger partial charge in [-0.1, -0.05) is 0 Å². The molecule has 0 fully saturated rings. The van der Waals surface area contributed by atoms with Crippen LogP contribution < -0.4 is 11.1 Å². The highest BCUT2D eigenvalue weighted by Gasteiger charge is 2.17. The Kier molecular flexibility index (Phi) is 3.52. The second-order valence-corrected chi connectivity index (χ2v) is 2.96. The van der Waals surface area contributed by atoms with Crippen LogP contribution in [0, 0.1) is 0 Å². The molecule has 1 atom stereocenters. The van der Waals surface area contributed by atoms with Crippen LogP contribution in [0.25, 0.3) is 0 Å². The molecule has 1 aliphatic heterocycles. The number of nitrogens with two attached hydrogens (primary N) is 1. The number of hydrogen-bond acceptors (Lipinski definition) is 4. The number of nitrogens with zero attached hydrogens (tertiary/aromatic N) is 1. The summed E-state index contributed by atoms with van der Waals surface area (Å²) in [4.78, 5) is 5.37. The van der Waals surface area contributed by atoms with Crippen LogP contribution >= 0.6 is 0 Å². The van der Waals surface area contributed by atoms with Crippen molar-refractivity contribution in [1.29, 1.82) is 0 Å². The van der Waals surface area contributed by atoms with Gasteiger partial charge in [0, 0.05) is 32.9 Å². The summed E-state index contributed by atoms with van der Waals surface area (Å²) in [7, 11) is 1.90. The first-order valence-electron chi connectivity index (χ1n) is 4.25. The first-order valence-corrected chi connectivity index (χ1v) is 4.25. The zero-order chi connectivity index (χ0) is 8.97. The lowest BCUT2D eigenvalue weighted by Gasteiger charge is -2.10. The molecule has 0 spiro atoms. The van der Waals surface area contributed by atoms with Crippen molar-refractivity contribution >= 4 is 0 Å². The van der Waals surface area contributed by atoms with E-state index in [2.05, 4.69) is 5.32 Å². The fraction of sp³-hybridized carbons (Fsp3) is 0.750. The van der Waals surface area contributed by atoms with Gasteiger partial charge in [-0.2, -0.15) is 0 Å². The lowest BCUT2D eigenvalue weighted by Crippen LogP contribution is -2.26. The zero-order valence-electron chi connectivity index (χ0n) is 7.71. The highest BCUT2D eigenvalue weighted by molar-refractivity contribution is 5.11. The summed E-state index contributed by atoms with van der Waals surface area (Å²) in [5.74, 6) is 0. The summed E-state index contributed by atoms with van der Waals surface area (Å²) in [5.41, 5.74) is 6.62. The molecule has 4 nitrogen and oxygen atoms in total. The summed E-state index contributed by atoms with van der Waals surface area (Å²) in [5, 5.41) is 4.97. The molecule has 0 bridgehead atoms. The van der Waals surface area contributed by atoms with E-state index in [-0.39, 0.29) is 6.10 Å². The Bertz CT molecular complexity index is 170. The van der Waals surface area contributed by atoms with Crippen molar-refractivity contribution in [2.24, 2.45) is 5.73 Å². The number of hydroxylamine groups is 2. The smallest absolute Gasteiger partial charge is 0.107 e. The van der Waals surface area contributed by atoms with E-state index in [9.17, 15) is 0 Å². The zero-order valence-corrected chi connectivity index (χ0v) is 7.71. The van der Waals surface area contributed by atoms with Crippen LogP contribution in [0.15, 0.2) is 11.8 Å². The molecule has 0 radical (unpaired) electrons. The van der Waals surface area contributed by atoms with Crippen LogP contribution in [-0.2, 0) is 4.84 Å². The summed E-state index contributed by atoms with van der Waals surface area (Å²) in [6.45, 7) is 4.44. The van der Waals surface area contributed by atoms with Crippen molar-refractivity contribution < 1.29 is 4.84 Å². The molecule has 3 N–H and O–H groups in total. The van der Waals surface area contributed by atoms with Crippen LogP contribution in [-0.4, -0.2) is 37.8 Å². The SMILES string of the molecule is CC1ON(C)C=C1CNCCN. The second-order valence-electron chi connectivity index (χ2n) is 2.96. The summed E-state index contributed by atoms with van der Waals surface area (Å²) >= 11 is 0. The Morgan fingerprint density at radius 2 is 2.50 bits per heavy atom. The van der Waals surface area contributed by atoms with Gasteiger partial charge in [-0.3, -0.25) is 9.90 Å². The predicted octanol–water partition coefficient (Wildman–Crippen LogP) is -0.316. The third kappa shape index (κ3) is 2.48. The van der Waals surface area contributed by atoms with Gasteiger partial charge in [-0.15, -0.1) is 0 Å². The molecular formula is C8H17N3O. The van der Waals surface area contributed by atoms with Gasteiger partial charge in [-0.05, 0) is 12.5 Å². The predicted molar refractivity (Wildman–Crippen MR) is 48.3 cm³/mol. The maximum atomic E-state index is 5.37. The lowest BCUT2D eigenvalue weighted by atomic mass is 10.2. The van der Waals surface area contributed by atoms with Crippen LogP contribution in [0.1, 0.15) is 6.92 Å². The van der Waals surface area contributed by atoms with Crippen molar-refractivity contribution in [2.75, 3.05) is 26.7 Å². The van der Waals surface area contributed by atoms with Crippen molar-refractivity contribution in [3.8, 4) is 0 Å².